The van der Waals surface area contributed by atoms with Crippen molar-refractivity contribution in [1.82, 2.24) is 0 Å². The van der Waals surface area contributed by atoms with E-state index in [-0.39, 0.29) is 23.5 Å². The van der Waals surface area contributed by atoms with Gasteiger partial charge < -0.3 is 9.64 Å². The smallest absolute Gasteiger partial charge is 0.406 e. The number of rotatable bonds is 2. The van der Waals surface area contributed by atoms with Gasteiger partial charge in [0.05, 0.1) is 11.1 Å². The van der Waals surface area contributed by atoms with E-state index < -0.39 is 6.36 Å². The summed E-state index contributed by atoms with van der Waals surface area (Å²) in [4.78, 5) is 13.1. The molecule has 1 unspecified atom stereocenters. The summed E-state index contributed by atoms with van der Waals surface area (Å²) in [7, 11) is 0. The molecule has 0 bridgehead atoms. The van der Waals surface area contributed by atoms with Crippen LogP contribution in [0.15, 0.2) is 22.7 Å². The Morgan fingerprint density at radius 1 is 1.42 bits per heavy atom. The SMILES string of the molecule is O=C1CC(Cl)CN1c1ccc(OC(F)(F)F)cc1Br. The van der Waals surface area contributed by atoms with Gasteiger partial charge in [0.25, 0.3) is 0 Å². The number of halogens is 5. The number of hydrogen-bond acceptors (Lipinski definition) is 2. The van der Waals surface area contributed by atoms with Crippen LogP contribution in [0.5, 0.6) is 5.75 Å². The first kappa shape index (κ1) is 14.5. The second kappa shape index (κ2) is 5.20. The predicted molar refractivity (Wildman–Crippen MR) is 67.4 cm³/mol. The highest BCUT2D eigenvalue weighted by atomic mass is 79.9. The number of alkyl halides is 4. The van der Waals surface area contributed by atoms with Gasteiger partial charge in [0.15, 0.2) is 0 Å². The summed E-state index contributed by atoms with van der Waals surface area (Å²) >= 11 is 9.00. The third-order valence-electron chi connectivity index (χ3n) is 2.52. The van der Waals surface area contributed by atoms with Crippen LogP contribution in [0.4, 0.5) is 18.9 Å². The van der Waals surface area contributed by atoms with Gasteiger partial charge in [-0.15, -0.1) is 24.8 Å². The third-order valence-corrected chi connectivity index (χ3v) is 3.45. The van der Waals surface area contributed by atoms with Crippen LogP contribution >= 0.6 is 27.5 Å². The Labute approximate surface area is 120 Å². The van der Waals surface area contributed by atoms with Gasteiger partial charge >= 0.3 is 6.36 Å². The lowest BCUT2D eigenvalue weighted by molar-refractivity contribution is -0.274. The molecule has 0 aromatic heterocycles. The van der Waals surface area contributed by atoms with Gasteiger partial charge in [-0.3, -0.25) is 4.79 Å². The van der Waals surface area contributed by atoms with Crippen LogP contribution in [-0.2, 0) is 4.79 Å². The van der Waals surface area contributed by atoms with E-state index in [2.05, 4.69) is 20.7 Å². The van der Waals surface area contributed by atoms with Crippen LogP contribution in [0.1, 0.15) is 6.42 Å². The monoisotopic (exact) mass is 357 g/mol. The maximum atomic E-state index is 12.1. The van der Waals surface area contributed by atoms with E-state index >= 15 is 0 Å². The van der Waals surface area contributed by atoms with E-state index in [4.69, 9.17) is 11.6 Å². The van der Waals surface area contributed by atoms with Crippen LogP contribution in [0.3, 0.4) is 0 Å². The zero-order chi connectivity index (χ0) is 14.2. The van der Waals surface area contributed by atoms with Gasteiger partial charge in [0.1, 0.15) is 5.75 Å². The number of amides is 1. The van der Waals surface area contributed by atoms with Gasteiger partial charge in [-0.25, -0.2) is 0 Å². The minimum atomic E-state index is -4.74. The molecule has 2 rings (SSSR count). The first-order valence-electron chi connectivity index (χ1n) is 5.26. The quantitative estimate of drug-likeness (QED) is 0.755. The summed E-state index contributed by atoms with van der Waals surface area (Å²) in [5.41, 5.74) is 0.475. The fourth-order valence-corrected chi connectivity index (χ4v) is 2.64. The number of ether oxygens (including phenoxy) is 1. The van der Waals surface area contributed by atoms with Crippen molar-refractivity contribution in [3.63, 3.8) is 0 Å². The molecule has 0 radical (unpaired) electrons. The van der Waals surface area contributed by atoms with E-state index in [9.17, 15) is 18.0 Å². The highest BCUT2D eigenvalue weighted by Gasteiger charge is 2.33. The maximum absolute atomic E-state index is 12.1. The third kappa shape index (κ3) is 3.54. The van der Waals surface area contributed by atoms with Gasteiger partial charge in [-0.1, -0.05) is 0 Å². The Bertz CT molecular complexity index is 509. The fraction of sp³-hybridized carbons (Fsp3) is 0.364. The summed E-state index contributed by atoms with van der Waals surface area (Å²) < 4.78 is 40.3. The van der Waals surface area contributed by atoms with E-state index in [1.807, 2.05) is 0 Å². The standard InChI is InChI=1S/C11H8BrClF3NO2/c12-8-4-7(19-11(14,15)16)1-2-9(8)17-5-6(13)3-10(17)18/h1-2,4,6H,3,5H2. The van der Waals surface area contributed by atoms with Crippen molar-refractivity contribution in [2.75, 3.05) is 11.4 Å². The first-order valence-corrected chi connectivity index (χ1v) is 6.49. The summed E-state index contributed by atoms with van der Waals surface area (Å²) in [6, 6.07) is 3.71. The summed E-state index contributed by atoms with van der Waals surface area (Å²) in [6.45, 7) is 0.332. The average Bonchev–Trinajstić information content (AvgIpc) is 2.55. The Hall–Kier alpha value is -0.950. The number of carbonyl (C=O) groups excluding carboxylic acids is 1. The van der Waals surface area contributed by atoms with Crippen molar-refractivity contribution in [2.45, 2.75) is 18.2 Å². The van der Waals surface area contributed by atoms with Gasteiger partial charge in [-0.05, 0) is 34.1 Å². The van der Waals surface area contributed by atoms with E-state index in [1.54, 1.807) is 0 Å². The van der Waals surface area contributed by atoms with E-state index in [1.165, 1.54) is 11.0 Å². The molecule has 1 amide bonds. The Kier molecular flexibility index (Phi) is 3.96. The summed E-state index contributed by atoms with van der Waals surface area (Å²) in [5.74, 6) is -0.512. The largest absolute Gasteiger partial charge is 0.573 e. The van der Waals surface area contributed by atoms with Crippen molar-refractivity contribution in [3.05, 3.63) is 22.7 Å². The molecule has 1 fully saturated rings. The Balaban J connectivity index is 2.22. The Morgan fingerprint density at radius 2 is 2.11 bits per heavy atom. The molecular weight excluding hydrogens is 350 g/mol. The molecule has 0 aliphatic carbocycles. The lowest BCUT2D eigenvalue weighted by Gasteiger charge is -2.18. The summed E-state index contributed by atoms with van der Waals surface area (Å²) in [6.07, 6.45) is -4.53. The lowest BCUT2D eigenvalue weighted by atomic mass is 10.3. The second-order valence-electron chi connectivity index (χ2n) is 3.97. The van der Waals surface area contributed by atoms with Crippen molar-refractivity contribution in [3.8, 4) is 5.75 Å². The molecule has 0 saturated carbocycles. The molecule has 3 nitrogen and oxygen atoms in total. The highest BCUT2D eigenvalue weighted by Crippen LogP contribution is 2.35. The number of anilines is 1. The van der Waals surface area contributed by atoms with Crippen LogP contribution in [0.25, 0.3) is 0 Å². The number of carbonyl (C=O) groups is 1. The zero-order valence-electron chi connectivity index (χ0n) is 9.38. The second-order valence-corrected chi connectivity index (χ2v) is 5.44. The average molecular weight is 359 g/mol. The number of nitrogens with zero attached hydrogens (tertiary/aromatic N) is 1. The number of hydrogen-bond donors (Lipinski definition) is 0. The maximum Gasteiger partial charge on any atom is 0.573 e. The topological polar surface area (TPSA) is 29.5 Å². The van der Waals surface area contributed by atoms with Crippen molar-refractivity contribution < 1.29 is 22.7 Å². The van der Waals surface area contributed by atoms with Crippen molar-refractivity contribution >= 4 is 39.1 Å². The number of benzene rings is 1. The van der Waals surface area contributed by atoms with Crippen LogP contribution in [0, 0.1) is 0 Å². The van der Waals surface area contributed by atoms with E-state index in [0.717, 1.165) is 12.1 Å². The van der Waals surface area contributed by atoms with E-state index in [0.29, 0.717) is 16.7 Å². The molecule has 1 atom stereocenters. The molecule has 0 spiro atoms. The highest BCUT2D eigenvalue weighted by molar-refractivity contribution is 9.10. The molecule has 8 heteroatoms. The Morgan fingerprint density at radius 3 is 2.58 bits per heavy atom. The summed E-state index contributed by atoms with van der Waals surface area (Å²) in [5, 5.41) is -0.287. The lowest BCUT2D eigenvalue weighted by Crippen LogP contribution is -2.25. The fourth-order valence-electron chi connectivity index (χ4n) is 1.80. The minimum Gasteiger partial charge on any atom is -0.406 e. The van der Waals surface area contributed by atoms with Gasteiger partial charge in [0.2, 0.25) is 5.91 Å². The molecule has 1 aromatic carbocycles. The molecule has 1 aliphatic heterocycles. The molecule has 1 heterocycles. The van der Waals surface area contributed by atoms with Crippen LogP contribution < -0.4 is 9.64 Å². The van der Waals surface area contributed by atoms with Crippen molar-refractivity contribution in [2.24, 2.45) is 0 Å². The van der Waals surface area contributed by atoms with Crippen LogP contribution in [0.2, 0.25) is 0 Å². The molecule has 1 aliphatic rings. The molecule has 104 valence electrons. The molecule has 0 N–H and O–H groups in total. The first-order chi connectivity index (χ1) is 8.76. The minimum absolute atomic E-state index is 0.162. The van der Waals surface area contributed by atoms with Crippen LogP contribution in [-0.4, -0.2) is 24.2 Å². The predicted octanol–water partition coefficient (Wildman–Crippen LogP) is 3.69. The molecular formula is C11H8BrClF3NO2. The molecule has 19 heavy (non-hydrogen) atoms. The van der Waals surface area contributed by atoms with Crippen molar-refractivity contribution in [1.29, 1.82) is 0 Å². The normalized spacial score (nSPS) is 19.9. The zero-order valence-corrected chi connectivity index (χ0v) is 11.7. The molecule has 1 saturated heterocycles. The van der Waals surface area contributed by atoms with Gasteiger partial charge in [0, 0.05) is 17.4 Å². The van der Waals surface area contributed by atoms with Gasteiger partial charge in [-0.2, -0.15) is 0 Å². The molecule has 1 aromatic rings.